The third-order valence-corrected chi connectivity index (χ3v) is 10.4. The number of amides is 1. The number of piperidine rings is 1. The van der Waals surface area contributed by atoms with Crippen molar-refractivity contribution in [1.82, 2.24) is 4.90 Å². The molecule has 4 saturated heterocycles. The zero-order valence-corrected chi connectivity index (χ0v) is 21.0. The van der Waals surface area contributed by atoms with Gasteiger partial charge in [0.15, 0.2) is 0 Å². The summed E-state index contributed by atoms with van der Waals surface area (Å²) in [6, 6.07) is 5.62. The molecule has 194 valence electrons. The normalized spacial score (nSPS) is 44.9. The van der Waals surface area contributed by atoms with Gasteiger partial charge >= 0.3 is 12.1 Å². The van der Waals surface area contributed by atoms with Gasteiger partial charge in [0.25, 0.3) is 0 Å². The SMILES string of the molecule is CCO[C@H]1C[C@@H]2O[C@H]3C(O)(C(=O)OC)[C@]45CC[C@]13[C@@H]1N2CC[C@@]14c1cccc(OC)c1N5C(=O)OC. The lowest BCUT2D eigenvalue weighted by atomic mass is 9.35. The standard InChI is InChI=1S/C26H32N2O8/c1-5-35-16-13-17-27-12-11-24-14-7-6-8-15(32-2)18(14)28(22(30)34-4)25(24)10-9-23(16,19(24)27)20(36-17)26(25,31)21(29)33-3/h6-8,16-17,19-20,31H,5,9-13H2,1-4H3/t16-,17-,19-,20+,23+,24+,25-,26?/m0/s1. The molecule has 8 atom stereocenters. The van der Waals surface area contributed by atoms with Gasteiger partial charge in [0, 0.05) is 36.4 Å². The number of esters is 1. The Hall–Kier alpha value is -2.40. The number of carbonyl (C=O) groups is 2. The quantitative estimate of drug-likeness (QED) is 0.617. The molecule has 9 rings (SSSR count). The summed E-state index contributed by atoms with van der Waals surface area (Å²) in [7, 11) is 4.14. The molecule has 7 fully saturated rings. The maximum absolute atomic E-state index is 13.9. The van der Waals surface area contributed by atoms with Crippen molar-refractivity contribution in [2.24, 2.45) is 5.41 Å². The van der Waals surface area contributed by atoms with Crippen molar-refractivity contribution in [3.63, 3.8) is 0 Å². The molecule has 3 aliphatic carbocycles. The fourth-order valence-corrected chi connectivity index (χ4v) is 9.74. The lowest BCUT2D eigenvalue weighted by Crippen LogP contribution is -2.95. The Bertz CT molecular complexity index is 1180. The van der Waals surface area contributed by atoms with Crippen molar-refractivity contribution < 1.29 is 38.4 Å². The lowest BCUT2D eigenvalue weighted by Gasteiger charge is -2.78. The van der Waals surface area contributed by atoms with E-state index in [0.717, 1.165) is 5.56 Å². The fraction of sp³-hybridized carbons (Fsp3) is 0.692. The van der Waals surface area contributed by atoms with E-state index in [4.69, 9.17) is 23.7 Å². The van der Waals surface area contributed by atoms with Crippen LogP contribution in [0.1, 0.15) is 38.2 Å². The zero-order chi connectivity index (χ0) is 25.3. The van der Waals surface area contributed by atoms with Crippen LogP contribution in [0.25, 0.3) is 0 Å². The van der Waals surface area contributed by atoms with E-state index in [0.29, 0.717) is 50.3 Å². The van der Waals surface area contributed by atoms with Crippen LogP contribution in [0, 0.1) is 5.41 Å². The van der Waals surface area contributed by atoms with Gasteiger partial charge in [-0.2, -0.15) is 0 Å². The van der Waals surface area contributed by atoms with Crippen molar-refractivity contribution in [1.29, 1.82) is 0 Å². The Kier molecular flexibility index (Phi) is 4.38. The van der Waals surface area contributed by atoms with Gasteiger partial charge in [0.2, 0.25) is 5.60 Å². The van der Waals surface area contributed by atoms with Crippen molar-refractivity contribution in [3.05, 3.63) is 23.8 Å². The maximum atomic E-state index is 13.9. The number of benzene rings is 1. The minimum atomic E-state index is -2.15. The number of hydrogen-bond donors (Lipinski definition) is 1. The largest absolute Gasteiger partial charge is 0.495 e. The first kappa shape index (κ1) is 22.8. The van der Waals surface area contributed by atoms with E-state index in [9.17, 15) is 14.7 Å². The van der Waals surface area contributed by atoms with Gasteiger partial charge in [0.1, 0.15) is 23.6 Å². The Morgan fingerprint density at radius 2 is 1.97 bits per heavy atom. The highest BCUT2D eigenvalue weighted by molar-refractivity contribution is 6.01. The summed E-state index contributed by atoms with van der Waals surface area (Å²) in [5, 5.41) is 12.9. The fourth-order valence-electron chi connectivity index (χ4n) is 9.74. The molecule has 1 aromatic rings. The first-order chi connectivity index (χ1) is 17.3. The molecule has 0 radical (unpaired) electrons. The van der Waals surface area contributed by atoms with Gasteiger partial charge in [0.05, 0.1) is 33.1 Å². The molecule has 5 heterocycles. The number of hydrogen-bond acceptors (Lipinski definition) is 9. The van der Waals surface area contributed by atoms with Gasteiger partial charge in [-0.25, -0.2) is 9.59 Å². The molecule has 1 unspecified atom stereocenters. The van der Waals surface area contributed by atoms with Crippen LogP contribution >= 0.6 is 0 Å². The number of carbonyl (C=O) groups excluding carboxylic acids is 2. The van der Waals surface area contributed by atoms with E-state index in [-0.39, 0.29) is 18.4 Å². The molecule has 5 aliphatic heterocycles. The van der Waals surface area contributed by atoms with Gasteiger partial charge in [-0.1, -0.05) is 12.1 Å². The number of nitrogens with zero attached hydrogens (tertiary/aromatic N) is 2. The highest BCUT2D eigenvalue weighted by atomic mass is 16.6. The number of aliphatic hydroxyl groups is 1. The average Bonchev–Trinajstić information content (AvgIpc) is 3.45. The summed E-state index contributed by atoms with van der Waals surface area (Å²) in [4.78, 5) is 31.5. The van der Waals surface area contributed by atoms with Crippen molar-refractivity contribution in [2.45, 2.75) is 73.6 Å². The number of fused-ring (bicyclic) bond motifs is 3. The second-order valence-electron chi connectivity index (χ2n) is 10.9. The van der Waals surface area contributed by atoms with Gasteiger partial charge < -0.3 is 28.8 Å². The Balaban J connectivity index is 1.63. The van der Waals surface area contributed by atoms with Crippen LogP contribution in [0.15, 0.2) is 18.2 Å². The van der Waals surface area contributed by atoms with E-state index in [2.05, 4.69) is 4.90 Å². The van der Waals surface area contributed by atoms with Crippen LogP contribution in [-0.4, -0.2) is 92.2 Å². The predicted molar refractivity (Wildman–Crippen MR) is 125 cm³/mol. The minimum Gasteiger partial charge on any atom is -0.495 e. The second-order valence-corrected chi connectivity index (χ2v) is 10.9. The summed E-state index contributed by atoms with van der Waals surface area (Å²) in [6.07, 6.45) is 0.252. The molecule has 36 heavy (non-hydrogen) atoms. The summed E-state index contributed by atoms with van der Waals surface area (Å²) < 4.78 is 29.4. The monoisotopic (exact) mass is 500 g/mol. The van der Waals surface area contributed by atoms with Crippen LogP contribution in [0.2, 0.25) is 0 Å². The Morgan fingerprint density at radius 1 is 1.17 bits per heavy atom. The molecular formula is C26H32N2O8. The number of anilines is 1. The van der Waals surface area contributed by atoms with Crippen molar-refractivity contribution in [3.8, 4) is 5.75 Å². The van der Waals surface area contributed by atoms with Gasteiger partial charge in [-0.15, -0.1) is 0 Å². The molecule has 0 aromatic heterocycles. The zero-order valence-electron chi connectivity index (χ0n) is 21.0. The average molecular weight is 501 g/mol. The second kappa shape index (κ2) is 6.92. The van der Waals surface area contributed by atoms with Crippen molar-refractivity contribution >= 4 is 17.7 Å². The molecule has 10 heteroatoms. The number of ether oxygens (including phenoxy) is 5. The summed E-state index contributed by atoms with van der Waals surface area (Å²) >= 11 is 0. The van der Waals surface area contributed by atoms with E-state index < -0.39 is 40.1 Å². The highest BCUT2D eigenvalue weighted by Gasteiger charge is 2.94. The molecule has 10 nitrogen and oxygen atoms in total. The molecule has 8 aliphatic rings. The van der Waals surface area contributed by atoms with Crippen LogP contribution in [0.5, 0.6) is 5.75 Å². The molecule has 1 aromatic carbocycles. The smallest absolute Gasteiger partial charge is 0.414 e. The lowest BCUT2D eigenvalue weighted by molar-refractivity contribution is -0.393. The minimum absolute atomic E-state index is 0.0988. The maximum Gasteiger partial charge on any atom is 0.414 e. The summed E-state index contributed by atoms with van der Waals surface area (Å²) in [5.74, 6) is -0.309. The number of para-hydroxylation sites is 1. The molecule has 1 amide bonds. The molecule has 1 N–H and O–H groups in total. The van der Waals surface area contributed by atoms with E-state index >= 15 is 0 Å². The summed E-state index contributed by atoms with van der Waals surface area (Å²) in [5.41, 5.74) is -3.54. The first-order valence-electron chi connectivity index (χ1n) is 12.7. The molecular weight excluding hydrogens is 468 g/mol. The van der Waals surface area contributed by atoms with E-state index in [1.165, 1.54) is 19.1 Å². The van der Waals surface area contributed by atoms with Crippen molar-refractivity contribution in [2.75, 3.05) is 39.4 Å². The Morgan fingerprint density at radius 3 is 2.67 bits per heavy atom. The molecule has 5 bridgehead atoms. The Labute approximate surface area is 209 Å². The number of rotatable bonds is 4. The van der Waals surface area contributed by atoms with Gasteiger partial charge in [-0.05, 0) is 37.8 Å². The van der Waals surface area contributed by atoms with Crippen LogP contribution in [-0.2, 0) is 29.2 Å². The first-order valence-corrected chi connectivity index (χ1v) is 12.7. The van der Waals surface area contributed by atoms with Crippen LogP contribution < -0.4 is 9.64 Å². The number of methoxy groups -OCH3 is 3. The molecule has 3 saturated carbocycles. The molecule has 3 spiro atoms. The highest BCUT2D eigenvalue weighted by Crippen LogP contribution is 2.80. The predicted octanol–water partition coefficient (Wildman–Crippen LogP) is 1.56. The van der Waals surface area contributed by atoms with Crippen LogP contribution in [0.3, 0.4) is 0 Å². The topological polar surface area (TPSA) is 107 Å². The van der Waals surface area contributed by atoms with E-state index in [1.807, 2.05) is 19.1 Å². The third-order valence-electron chi connectivity index (χ3n) is 10.4. The third kappa shape index (κ3) is 1.94. The van der Waals surface area contributed by atoms with Gasteiger partial charge in [-0.3, -0.25) is 9.80 Å². The summed E-state index contributed by atoms with van der Waals surface area (Å²) in [6.45, 7) is 3.20. The van der Waals surface area contributed by atoms with Crippen LogP contribution in [0.4, 0.5) is 10.5 Å². The van der Waals surface area contributed by atoms with E-state index in [1.54, 1.807) is 13.2 Å².